The highest BCUT2D eigenvalue weighted by molar-refractivity contribution is 5.70. The molecule has 0 aliphatic rings. The van der Waals surface area contributed by atoms with Crippen molar-refractivity contribution in [1.29, 1.82) is 0 Å². The SMILES string of the molecule is Cc1cccc(-c2c(F)ccc(N)c2F)c1F. The van der Waals surface area contributed by atoms with Gasteiger partial charge in [0, 0.05) is 5.56 Å². The summed E-state index contributed by atoms with van der Waals surface area (Å²) in [6.07, 6.45) is 0. The molecule has 88 valence electrons. The van der Waals surface area contributed by atoms with Crippen LogP contribution in [0.2, 0.25) is 0 Å². The Bertz CT molecular complexity index is 579. The van der Waals surface area contributed by atoms with E-state index in [0.717, 1.165) is 12.1 Å². The minimum Gasteiger partial charge on any atom is -0.396 e. The zero-order valence-corrected chi connectivity index (χ0v) is 9.10. The Labute approximate surface area is 96.7 Å². The monoisotopic (exact) mass is 237 g/mol. The van der Waals surface area contributed by atoms with E-state index in [4.69, 9.17) is 5.73 Å². The summed E-state index contributed by atoms with van der Waals surface area (Å²) in [6.45, 7) is 1.53. The van der Waals surface area contributed by atoms with Gasteiger partial charge in [-0.05, 0) is 24.6 Å². The molecule has 0 aliphatic heterocycles. The molecule has 2 aromatic carbocycles. The van der Waals surface area contributed by atoms with Gasteiger partial charge in [0.1, 0.15) is 11.6 Å². The highest BCUT2D eigenvalue weighted by Gasteiger charge is 2.17. The van der Waals surface area contributed by atoms with Crippen molar-refractivity contribution in [2.45, 2.75) is 6.92 Å². The predicted octanol–water partition coefficient (Wildman–Crippen LogP) is 3.66. The highest BCUT2D eigenvalue weighted by Crippen LogP contribution is 2.31. The Morgan fingerprint density at radius 3 is 2.35 bits per heavy atom. The summed E-state index contributed by atoms with van der Waals surface area (Å²) in [6, 6.07) is 6.53. The molecule has 1 nitrogen and oxygen atoms in total. The smallest absolute Gasteiger partial charge is 0.156 e. The van der Waals surface area contributed by atoms with Gasteiger partial charge in [0.15, 0.2) is 5.82 Å². The van der Waals surface area contributed by atoms with Crippen LogP contribution in [0, 0.1) is 24.4 Å². The summed E-state index contributed by atoms with van der Waals surface area (Å²) >= 11 is 0. The second-order valence-corrected chi connectivity index (χ2v) is 3.76. The van der Waals surface area contributed by atoms with Gasteiger partial charge < -0.3 is 5.73 Å². The first-order valence-electron chi connectivity index (χ1n) is 5.01. The van der Waals surface area contributed by atoms with Crippen LogP contribution in [0.4, 0.5) is 18.9 Å². The molecule has 2 aromatic rings. The van der Waals surface area contributed by atoms with Gasteiger partial charge in [-0.2, -0.15) is 0 Å². The van der Waals surface area contributed by atoms with Gasteiger partial charge >= 0.3 is 0 Å². The van der Waals surface area contributed by atoms with E-state index in [0.29, 0.717) is 5.56 Å². The summed E-state index contributed by atoms with van der Waals surface area (Å²) in [7, 11) is 0. The molecule has 0 radical (unpaired) electrons. The molecule has 2 rings (SSSR count). The summed E-state index contributed by atoms with van der Waals surface area (Å²) in [5, 5.41) is 0. The van der Waals surface area contributed by atoms with E-state index in [-0.39, 0.29) is 11.3 Å². The van der Waals surface area contributed by atoms with E-state index in [2.05, 4.69) is 0 Å². The third-order valence-electron chi connectivity index (χ3n) is 2.58. The van der Waals surface area contributed by atoms with E-state index in [9.17, 15) is 13.2 Å². The first kappa shape index (κ1) is 11.5. The van der Waals surface area contributed by atoms with Gasteiger partial charge in [-0.1, -0.05) is 18.2 Å². The second-order valence-electron chi connectivity index (χ2n) is 3.76. The fourth-order valence-electron chi connectivity index (χ4n) is 1.66. The van der Waals surface area contributed by atoms with E-state index in [1.54, 1.807) is 0 Å². The van der Waals surface area contributed by atoms with Crippen molar-refractivity contribution in [1.82, 2.24) is 0 Å². The number of nitrogen functional groups attached to an aromatic ring is 1. The fourth-order valence-corrected chi connectivity index (χ4v) is 1.66. The van der Waals surface area contributed by atoms with Crippen molar-refractivity contribution in [3.8, 4) is 11.1 Å². The molecule has 4 heteroatoms. The van der Waals surface area contributed by atoms with Gasteiger partial charge in [-0.15, -0.1) is 0 Å². The lowest BCUT2D eigenvalue weighted by molar-refractivity contribution is 0.583. The van der Waals surface area contributed by atoms with Crippen LogP contribution < -0.4 is 5.73 Å². The standard InChI is InChI=1S/C13H10F3N/c1-7-3-2-4-8(12(7)15)11-9(14)5-6-10(17)13(11)16/h2-6H,17H2,1H3. The van der Waals surface area contributed by atoms with Crippen LogP contribution >= 0.6 is 0 Å². The van der Waals surface area contributed by atoms with Crippen molar-refractivity contribution in [3.63, 3.8) is 0 Å². The third kappa shape index (κ3) is 1.86. The largest absolute Gasteiger partial charge is 0.396 e. The second kappa shape index (κ2) is 4.13. The molecule has 0 aromatic heterocycles. The number of aryl methyl sites for hydroxylation is 1. The molecule has 0 bridgehead atoms. The van der Waals surface area contributed by atoms with Crippen LogP contribution in [0.3, 0.4) is 0 Å². The molecule has 2 N–H and O–H groups in total. The van der Waals surface area contributed by atoms with Crippen molar-refractivity contribution in [3.05, 3.63) is 53.3 Å². The average molecular weight is 237 g/mol. The molecule has 0 amide bonds. The number of rotatable bonds is 1. The van der Waals surface area contributed by atoms with Crippen LogP contribution in [0.15, 0.2) is 30.3 Å². The quantitative estimate of drug-likeness (QED) is 0.752. The molecule has 0 atom stereocenters. The molecule has 0 unspecified atom stereocenters. The molecule has 0 spiro atoms. The Morgan fingerprint density at radius 1 is 0.941 bits per heavy atom. The molecule has 17 heavy (non-hydrogen) atoms. The molecule has 0 aliphatic carbocycles. The molecular formula is C13H10F3N. The minimum atomic E-state index is -0.936. The maximum Gasteiger partial charge on any atom is 0.156 e. The van der Waals surface area contributed by atoms with E-state index >= 15 is 0 Å². The Hall–Kier alpha value is -1.97. The van der Waals surface area contributed by atoms with Gasteiger partial charge in [-0.3, -0.25) is 0 Å². The zero-order chi connectivity index (χ0) is 12.6. The van der Waals surface area contributed by atoms with Crippen LogP contribution in [0.5, 0.6) is 0 Å². The van der Waals surface area contributed by atoms with Crippen molar-refractivity contribution in [2.75, 3.05) is 5.73 Å². The maximum absolute atomic E-state index is 13.8. The lowest BCUT2D eigenvalue weighted by Gasteiger charge is -2.09. The minimum absolute atomic E-state index is 0.118. The van der Waals surface area contributed by atoms with E-state index in [1.807, 2.05) is 0 Å². The molecule has 0 fully saturated rings. The molecule has 0 heterocycles. The van der Waals surface area contributed by atoms with Gasteiger partial charge in [0.05, 0.1) is 11.3 Å². The number of nitrogens with two attached hydrogens (primary N) is 1. The lowest BCUT2D eigenvalue weighted by atomic mass is 10.0. The van der Waals surface area contributed by atoms with Crippen LogP contribution in [-0.4, -0.2) is 0 Å². The van der Waals surface area contributed by atoms with E-state index < -0.39 is 23.0 Å². The number of hydrogen-bond donors (Lipinski definition) is 1. The summed E-state index contributed by atoms with van der Waals surface area (Å²) < 4.78 is 41.1. The fraction of sp³-hybridized carbons (Fsp3) is 0.0769. The highest BCUT2D eigenvalue weighted by atomic mass is 19.1. The molecule has 0 saturated carbocycles. The Morgan fingerprint density at radius 2 is 1.65 bits per heavy atom. The Balaban J connectivity index is 2.77. The average Bonchev–Trinajstić information content (AvgIpc) is 2.30. The van der Waals surface area contributed by atoms with Crippen LogP contribution in [-0.2, 0) is 0 Å². The van der Waals surface area contributed by atoms with Crippen molar-refractivity contribution in [2.24, 2.45) is 0 Å². The molecular weight excluding hydrogens is 227 g/mol. The topological polar surface area (TPSA) is 26.0 Å². The number of hydrogen-bond acceptors (Lipinski definition) is 1. The maximum atomic E-state index is 13.8. The lowest BCUT2D eigenvalue weighted by Crippen LogP contribution is -1.99. The normalized spacial score (nSPS) is 10.6. The zero-order valence-electron chi connectivity index (χ0n) is 9.10. The van der Waals surface area contributed by atoms with Crippen molar-refractivity contribution < 1.29 is 13.2 Å². The number of anilines is 1. The summed E-state index contributed by atoms with van der Waals surface area (Å²) in [5.41, 5.74) is 4.92. The van der Waals surface area contributed by atoms with Gasteiger partial charge in [0.2, 0.25) is 0 Å². The van der Waals surface area contributed by atoms with Gasteiger partial charge in [-0.25, -0.2) is 13.2 Å². The predicted molar refractivity (Wildman–Crippen MR) is 60.9 cm³/mol. The van der Waals surface area contributed by atoms with E-state index in [1.165, 1.54) is 25.1 Å². The summed E-state index contributed by atoms with van der Waals surface area (Å²) in [5.74, 6) is -2.41. The van der Waals surface area contributed by atoms with Gasteiger partial charge in [0.25, 0.3) is 0 Å². The number of halogens is 3. The number of benzene rings is 2. The summed E-state index contributed by atoms with van der Waals surface area (Å²) in [4.78, 5) is 0. The van der Waals surface area contributed by atoms with Crippen LogP contribution in [0.1, 0.15) is 5.56 Å². The third-order valence-corrected chi connectivity index (χ3v) is 2.58. The first-order chi connectivity index (χ1) is 8.02. The Kier molecular flexibility index (Phi) is 2.79. The first-order valence-corrected chi connectivity index (χ1v) is 5.01. The molecule has 0 saturated heterocycles. The van der Waals surface area contributed by atoms with Crippen LogP contribution in [0.25, 0.3) is 11.1 Å². The van der Waals surface area contributed by atoms with Crippen molar-refractivity contribution >= 4 is 5.69 Å².